The highest BCUT2D eigenvalue weighted by molar-refractivity contribution is 14.1. The Morgan fingerprint density at radius 1 is 1.20 bits per heavy atom. The first-order valence-electron chi connectivity index (χ1n) is 11.9. The van der Waals surface area contributed by atoms with Gasteiger partial charge in [-0.3, -0.25) is 4.79 Å². The molecular formula is C27H31IN4O3. The molecule has 0 aliphatic carbocycles. The van der Waals surface area contributed by atoms with Gasteiger partial charge in [0.15, 0.2) is 0 Å². The number of ether oxygens (including phenoxy) is 1. The van der Waals surface area contributed by atoms with E-state index >= 15 is 0 Å². The van der Waals surface area contributed by atoms with E-state index in [2.05, 4.69) is 87.3 Å². The number of H-pyrrole nitrogens is 1. The second-order valence-electron chi connectivity index (χ2n) is 9.24. The van der Waals surface area contributed by atoms with E-state index in [1.165, 1.54) is 27.4 Å². The van der Waals surface area contributed by atoms with Crippen molar-refractivity contribution in [2.45, 2.75) is 45.7 Å². The molecule has 0 spiro atoms. The summed E-state index contributed by atoms with van der Waals surface area (Å²) in [4.78, 5) is 35.2. The SMILES string of the molecule is COC(=O)N[C@H](C(=O)N1CCCC1c1ncc(-c2ccc(I)c(-c3ccccc3C)c2)[nH]1)C(C)C. The van der Waals surface area contributed by atoms with Crippen molar-refractivity contribution < 1.29 is 14.3 Å². The number of hydrogen-bond donors (Lipinski definition) is 2. The molecule has 8 heteroatoms. The lowest BCUT2D eigenvalue weighted by Gasteiger charge is -2.30. The summed E-state index contributed by atoms with van der Waals surface area (Å²) < 4.78 is 5.91. The Bertz CT molecular complexity index is 1220. The first-order valence-corrected chi connectivity index (χ1v) is 12.9. The average Bonchev–Trinajstić information content (AvgIpc) is 3.52. The van der Waals surface area contributed by atoms with Crippen LogP contribution >= 0.6 is 22.6 Å². The fourth-order valence-corrected chi connectivity index (χ4v) is 5.25. The summed E-state index contributed by atoms with van der Waals surface area (Å²) in [5.74, 6) is 0.589. The molecule has 1 aliphatic rings. The van der Waals surface area contributed by atoms with Crippen LogP contribution in [0.15, 0.2) is 48.7 Å². The van der Waals surface area contributed by atoms with E-state index in [-0.39, 0.29) is 17.9 Å². The number of rotatable bonds is 6. The molecule has 3 aromatic rings. The maximum Gasteiger partial charge on any atom is 0.407 e. The van der Waals surface area contributed by atoms with Gasteiger partial charge in [0.25, 0.3) is 0 Å². The summed E-state index contributed by atoms with van der Waals surface area (Å²) in [5, 5.41) is 2.69. The van der Waals surface area contributed by atoms with Crippen LogP contribution in [-0.4, -0.2) is 46.6 Å². The molecule has 1 unspecified atom stereocenters. The highest BCUT2D eigenvalue weighted by Crippen LogP contribution is 2.35. The molecule has 2 amide bonds. The van der Waals surface area contributed by atoms with Gasteiger partial charge in [0.2, 0.25) is 5.91 Å². The number of halogens is 1. The first-order chi connectivity index (χ1) is 16.8. The van der Waals surface area contributed by atoms with Crippen LogP contribution in [0.1, 0.15) is 44.1 Å². The molecule has 0 bridgehead atoms. The number of alkyl carbamates (subject to hydrolysis) is 1. The van der Waals surface area contributed by atoms with Crippen molar-refractivity contribution in [3.63, 3.8) is 0 Å². The van der Waals surface area contributed by atoms with Crippen LogP contribution in [0.25, 0.3) is 22.4 Å². The third-order valence-electron chi connectivity index (χ3n) is 6.55. The average molecular weight is 586 g/mol. The van der Waals surface area contributed by atoms with Crippen LogP contribution in [0.4, 0.5) is 4.79 Å². The lowest BCUT2D eigenvalue weighted by molar-refractivity contribution is -0.135. The standard InChI is InChI=1S/C27H31IN4O3/c1-16(2)24(31-27(34)35-4)26(33)32-13-7-10-23(32)25-29-15-22(30-25)18-11-12-21(28)20(14-18)19-9-6-5-8-17(19)3/h5-6,8-9,11-12,14-16,23-24H,7,10,13H2,1-4H3,(H,29,30)(H,31,34)/t23?,24-/m0/s1. The largest absolute Gasteiger partial charge is 0.453 e. The number of likely N-dealkylation sites (tertiary alicyclic amines) is 1. The zero-order chi connectivity index (χ0) is 25.1. The number of nitrogens with one attached hydrogen (secondary N) is 2. The summed E-state index contributed by atoms with van der Waals surface area (Å²) in [5.41, 5.74) is 5.59. The summed E-state index contributed by atoms with van der Waals surface area (Å²) in [6.45, 7) is 6.58. The zero-order valence-corrected chi connectivity index (χ0v) is 22.6. The van der Waals surface area contributed by atoms with Crippen molar-refractivity contribution in [1.82, 2.24) is 20.2 Å². The van der Waals surface area contributed by atoms with E-state index < -0.39 is 12.1 Å². The molecule has 4 rings (SSSR count). The van der Waals surface area contributed by atoms with Gasteiger partial charge in [-0.1, -0.05) is 44.2 Å². The number of benzene rings is 2. The van der Waals surface area contributed by atoms with E-state index in [4.69, 9.17) is 4.74 Å². The molecule has 1 aromatic heterocycles. The highest BCUT2D eigenvalue weighted by atomic mass is 127. The minimum atomic E-state index is -0.648. The molecule has 1 fully saturated rings. The van der Waals surface area contributed by atoms with Gasteiger partial charge in [0, 0.05) is 15.7 Å². The van der Waals surface area contributed by atoms with Gasteiger partial charge in [-0.05, 0) is 77.1 Å². The number of nitrogens with zero attached hydrogens (tertiary/aromatic N) is 2. The Hall–Kier alpha value is -2.88. The summed E-state index contributed by atoms with van der Waals surface area (Å²) in [6.07, 6.45) is 2.95. The topological polar surface area (TPSA) is 87.3 Å². The van der Waals surface area contributed by atoms with Crippen LogP contribution in [0.2, 0.25) is 0 Å². The fourth-order valence-electron chi connectivity index (χ4n) is 4.62. The lowest BCUT2D eigenvalue weighted by Crippen LogP contribution is -2.51. The molecule has 2 atom stereocenters. The number of hydrogen-bond acceptors (Lipinski definition) is 4. The Morgan fingerprint density at radius 2 is 1.97 bits per heavy atom. The number of amides is 2. The van der Waals surface area contributed by atoms with Gasteiger partial charge in [0.1, 0.15) is 11.9 Å². The maximum atomic E-state index is 13.4. The van der Waals surface area contributed by atoms with Gasteiger partial charge >= 0.3 is 6.09 Å². The van der Waals surface area contributed by atoms with E-state index in [1.54, 1.807) is 0 Å². The summed E-state index contributed by atoms with van der Waals surface area (Å²) >= 11 is 2.38. The number of aryl methyl sites for hydroxylation is 1. The van der Waals surface area contributed by atoms with Crippen molar-refractivity contribution in [3.8, 4) is 22.4 Å². The van der Waals surface area contributed by atoms with Crippen LogP contribution in [0.3, 0.4) is 0 Å². The van der Waals surface area contributed by atoms with Crippen molar-refractivity contribution in [2.75, 3.05) is 13.7 Å². The Morgan fingerprint density at radius 3 is 2.69 bits per heavy atom. The normalized spacial score (nSPS) is 16.4. The molecule has 0 saturated carbocycles. The van der Waals surface area contributed by atoms with E-state index in [0.29, 0.717) is 6.54 Å². The molecule has 7 nitrogen and oxygen atoms in total. The Kier molecular flexibility index (Phi) is 7.78. The van der Waals surface area contributed by atoms with Gasteiger partial charge in [-0.2, -0.15) is 0 Å². The first kappa shape index (κ1) is 25.2. The van der Waals surface area contributed by atoms with Crippen LogP contribution in [0.5, 0.6) is 0 Å². The molecule has 2 aromatic carbocycles. The predicted octanol–water partition coefficient (Wildman–Crippen LogP) is 5.70. The molecule has 1 aliphatic heterocycles. The van der Waals surface area contributed by atoms with E-state index in [9.17, 15) is 9.59 Å². The van der Waals surface area contributed by atoms with Crippen LogP contribution in [0, 0.1) is 16.4 Å². The van der Waals surface area contributed by atoms with Crippen molar-refractivity contribution in [3.05, 3.63) is 63.6 Å². The molecule has 2 heterocycles. The van der Waals surface area contributed by atoms with Gasteiger partial charge < -0.3 is 19.9 Å². The molecule has 35 heavy (non-hydrogen) atoms. The number of methoxy groups -OCH3 is 1. The Balaban J connectivity index is 1.60. The van der Waals surface area contributed by atoms with Crippen molar-refractivity contribution in [2.24, 2.45) is 5.92 Å². The zero-order valence-electron chi connectivity index (χ0n) is 20.5. The minimum Gasteiger partial charge on any atom is -0.453 e. The van der Waals surface area contributed by atoms with Crippen LogP contribution < -0.4 is 5.32 Å². The van der Waals surface area contributed by atoms with Gasteiger partial charge in [-0.15, -0.1) is 0 Å². The monoisotopic (exact) mass is 586 g/mol. The van der Waals surface area contributed by atoms with Crippen molar-refractivity contribution in [1.29, 1.82) is 0 Å². The van der Waals surface area contributed by atoms with Crippen molar-refractivity contribution >= 4 is 34.6 Å². The van der Waals surface area contributed by atoms with Crippen LogP contribution in [-0.2, 0) is 9.53 Å². The molecule has 2 N–H and O–H groups in total. The van der Waals surface area contributed by atoms with Gasteiger partial charge in [0.05, 0.1) is 25.0 Å². The summed E-state index contributed by atoms with van der Waals surface area (Å²) in [7, 11) is 1.30. The third-order valence-corrected chi connectivity index (χ3v) is 7.49. The highest BCUT2D eigenvalue weighted by Gasteiger charge is 2.37. The number of carbonyl (C=O) groups excluding carboxylic acids is 2. The second kappa shape index (κ2) is 10.8. The predicted molar refractivity (Wildman–Crippen MR) is 145 cm³/mol. The number of aromatic nitrogens is 2. The maximum absolute atomic E-state index is 13.4. The molecule has 1 saturated heterocycles. The lowest BCUT2D eigenvalue weighted by atomic mass is 9.98. The third kappa shape index (κ3) is 5.37. The molecular weight excluding hydrogens is 555 g/mol. The van der Waals surface area contributed by atoms with E-state index in [1.807, 2.05) is 24.9 Å². The van der Waals surface area contributed by atoms with E-state index in [0.717, 1.165) is 29.9 Å². The number of carbonyl (C=O) groups is 2. The molecule has 184 valence electrons. The number of imidazole rings is 1. The quantitative estimate of drug-likeness (QED) is 0.363. The summed E-state index contributed by atoms with van der Waals surface area (Å²) in [6, 6.07) is 14.0. The fraction of sp³-hybridized carbons (Fsp3) is 0.370. The number of aromatic amines is 1. The second-order valence-corrected chi connectivity index (χ2v) is 10.4. The minimum absolute atomic E-state index is 0.0679. The smallest absolute Gasteiger partial charge is 0.407 e. The Labute approximate surface area is 219 Å². The van der Waals surface area contributed by atoms with Gasteiger partial charge in [-0.25, -0.2) is 9.78 Å². The molecule has 0 radical (unpaired) electrons.